The van der Waals surface area contributed by atoms with Crippen molar-refractivity contribution in [3.63, 3.8) is 0 Å². The molecule has 2 atom stereocenters. The maximum absolute atomic E-state index is 12.2. The van der Waals surface area contributed by atoms with Crippen molar-refractivity contribution in [3.05, 3.63) is 11.3 Å². The molecule has 1 fully saturated rings. The van der Waals surface area contributed by atoms with Gasteiger partial charge in [-0.25, -0.2) is 4.79 Å². The fraction of sp³-hybridized carbons (Fsp3) is 0.643. The molecule has 0 spiro atoms. The Morgan fingerprint density at radius 1 is 1.36 bits per heavy atom. The van der Waals surface area contributed by atoms with Gasteiger partial charge in [0.05, 0.1) is 5.41 Å². The van der Waals surface area contributed by atoms with Crippen LogP contribution in [0.25, 0.3) is 0 Å². The molecule has 0 unspecified atom stereocenters. The number of β-lactam (4-membered cyclic amide) rings is 1. The molecule has 2 aliphatic rings. The van der Waals surface area contributed by atoms with E-state index in [1.54, 1.807) is 27.7 Å². The first-order valence-electron chi connectivity index (χ1n) is 6.89. The summed E-state index contributed by atoms with van der Waals surface area (Å²) in [6.45, 7) is 6.39. The van der Waals surface area contributed by atoms with Gasteiger partial charge in [-0.3, -0.25) is 14.5 Å². The number of ether oxygens (including phenoxy) is 2. The molecule has 2 heterocycles. The SMILES string of the molecule is CC1=C(C(=O)OCOC(=O)C(C)(C)C)N2C(=O)[C@H](N)[C@@H]2SC1. The zero-order valence-corrected chi connectivity index (χ0v) is 13.9. The summed E-state index contributed by atoms with van der Waals surface area (Å²) in [6, 6.07) is -0.584. The van der Waals surface area contributed by atoms with Crippen LogP contribution in [0, 0.1) is 5.41 Å². The molecule has 0 aromatic carbocycles. The molecule has 0 aliphatic carbocycles. The van der Waals surface area contributed by atoms with Crippen molar-refractivity contribution in [2.75, 3.05) is 12.5 Å². The van der Waals surface area contributed by atoms with Gasteiger partial charge in [-0.05, 0) is 33.3 Å². The van der Waals surface area contributed by atoms with Gasteiger partial charge >= 0.3 is 11.9 Å². The van der Waals surface area contributed by atoms with Crippen molar-refractivity contribution in [1.82, 2.24) is 4.90 Å². The number of carbonyl (C=O) groups excluding carboxylic acids is 3. The van der Waals surface area contributed by atoms with E-state index in [4.69, 9.17) is 15.2 Å². The fourth-order valence-corrected chi connectivity index (χ4v) is 3.32. The first-order valence-corrected chi connectivity index (χ1v) is 7.94. The molecule has 1 amide bonds. The molecule has 0 aromatic heterocycles. The number of carbonyl (C=O) groups is 3. The lowest BCUT2D eigenvalue weighted by Gasteiger charge is -2.47. The number of rotatable bonds is 3. The van der Waals surface area contributed by atoms with Gasteiger partial charge in [-0.2, -0.15) is 0 Å². The Morgan fingerprint density at radius 2 is 2.00 bits per heavy atom. The van der Waals surface area contributed by atoms with E-state index >= 15 is 0 Å². The minimum atomic E-state index is -0.676. The highest BCUT2D eigenvalue weighted by atomic mass is 32.2. The van der Waals surface area contributed by atoms with Gasteiger partial charge in [0.25, 0.3) is 0 Å². The van der Waals surface area contributed by atoms with Crippen LogP contribution in [0.15, 0.2) is 11.3 Å². The van der Waals surface area contributed by atoms with Crippen LogP contribution >= 0.6 is 11.8 Å². The number of fused-ring (bicyclic) bond motifs is 1. The number of amides is 1. The van der Waals surface area contributed by atoms with Crippen molar-refractivity contribution in [2.45, 2.75) is 39.1 Å². The number of hydrogen-bond acceptors (Lipinski definition) is 7. The van der Waals surface area contributed by atoms with Crippen molar-refractivity contribution in [1.29, 1.82) is 0 Å². The summed E-state index contributed by atoms with van der Waals surface area (Å²) in [5.41, 5.74) is 6.00. The molecule has 22 heavy (non-hydrogen) atoms. The molecule has 0 bridgehead atoms. The second-order valence-electron chi connectivity index (χ2n) is 6.30. The molecule has 8 heteroatoms. The Kier molecular flexibility index (Phi) is 4.53. The van der Waals surface area contributed by atoms with Crippen LogP contribution in [0.3, 0.4) is 0 Å². The predicted molar refractivity (Wildman–Crippen MR) is 80.3 cm³/mol. The first kappa shape index (κ1) is 16.8. The van der Waals surface area contributed by atoms with Gasteiger partial charge in [0.2, 0.25) is 12.7 Å². The van der Waals surface area contributed by atoms with Gasteiger partial charge in [0, 0.05) is 5.75 Å². The number of nitrogens with zero attached hydrogens (tertiary/aromatic N) is 1. The first-order chi connectivity index (χ1) is 10.1. The lowest BCUT2D eigenvalue weighted by molar-refractivity contribution is -0.173. The van der Waals surface area contributed by atoms with E-state index < -0.39 is 30.2 Å². The molecule has 122 valence electrons. The summed E-state index contributed by atoms with van der Waals surface area (Å²) in [7, 11) is 0. The monoisotopic (exact) mass is 328 g/mol. The average molecular weight is 328 g/mol. The van der Waals surface area contributed by atoms with E-state index in [1.165, 1.54) is 16.7 Å². The smallest absolute Gasteiger partial charge is 0.357 e. The van der Waals surface area contributed by atoms with Crippen LogP contribution in [0.1, 0.15) is 27.7 Å². The quantitative estimate of drug-likeness (QED) is 0.460. The highest BCUT2D eigenvalue weighted by molar-refractivity contribution is 8.00. The van der Waals surface area contributed by atoms with E-state index in [2.05, 4.69) is 0 Å². The molecule has 2 rings (SSSR count). The van der Waals surface area contributed by atoms with E-state index in [0.717, 1.165) is 5.57 Å². The Balaban J connectivity index is 1.97. The molecular weight excluding hydrogens is 308 g/mol. The van der Waals surface area contributed by atoms with Crippen molar-refractivity contribution in [2.24, 2.45) is 11.1 Å². The van der Waals surface area contributed by atoms with Crippen LogP contribution in [0.5, 0.6) is 0 Å². The summed E-state index contributed by atoms with van der Waals surface area (Å²) in [5, 5.41) is -0.226. The van der Waals surface area contributed by atoms with Gasteiger partial charge in [-0.1, -0.05) is 0 Å². The van der Waals surface area contributed by atoms with Gasteiger partial charge in [-0.15, -0.1) is 11.8 Å². The fourth-order valence-electron chi connectivity index (χ4n) is 2.08. The Labute approximate surface area is 133 Å². The van der Waals surface area contributed by atoms with Crippen LogP contribution in [-0.4, -0.2) is 46.7 Å². The maximum atomic E-state index is 12.2. The minimum absolute atomic E-state index is 0.210. The Morgan fingerprint density at radius 3 is 2.59 bits per heavy atom. The van der Waals surface area contributed by atoms with E-state index in [-0.39, 0.29) is 17.0 Å². The molecule has 2 aliphatic heterocycles. The van der Waals surface area contributed by atoms with Gasteiger partial charge in [0.15, 0.2) is 0 Å². The zero-order valence-electron chi connectivity index (χ0n) is 13.0. The molecular formula is C14H20N2O5S. The average Bonchev–Trinajstić information content (AvgIpc) is 2.44. The highest BCUT2D eigenvalue weighted by Gasteiger charge is 2.51. The second kappa shape index (κ2) is 5.92. The number of esters is 2. The van der Waals surface area contributed by atoms with E-state index in [1.807, 2.05) is 0 Å². The zero-order chi connectivity index (χ0) is 16.7. The minimum Gasteiger partial charge on any atom is -0.427 e. The summed E-state index contributed by atoms with van der Waals surface area (Å²) in [6.07, 6.45) is 0. The van der Waals surface area contributed by atoms with E-state index in [9.17, 15) is 14.4 Å². The van der Waals surface area contributed by atoms with Gasteiger partial charge in [0.1, 0.15) is 17.1 Å². The summed E-state index contributed by atoms with van der Waals surface area (Å²) >= 11 is 1.52. The molecule has 0 radical (unpaired) electrons. The second-order valence-corrected chi connectivity index (χ2v) is 7.40. The third-order valence-electron chi connectivity index (χ3n) is 3.39. The number of hydrogen-bond donors (Lipinski definition) is 1. The predicted octanol–water partition coefficient (Wildman–Crippen LogP) is 0.593. The van der Waals surface area contributed by atoms with Crippen molar-refractivity contribution < 1.29 is 23.9 Å². The van der Waals surface area contributed by atoms with Crippen molar-refractivity contribution in [3.8, 4) is 0 Å². The molecule has 0 aromatic rings. The molecule has 2 N–H and O–H groups in total. The lowest BCUT2D eigenvalue weighted by Crippen LogP contribution is -2.68. The summed E-state index contributed by atoms with van der Waals surface area (Å²) < 4.78 is 9.86. The Bertz CT molecular complexity index is 552. The highest BCUT2D eigenvalue weighted by Crippen LogP contribution is 2.39. The lowest BCUT2D eigenvalue weighted by atomic mass is 9.98. The van der Waals surface area contributed by atoms with Crippen LogP contribution in [-0.2, 0) is 23.9 Å². The largest absolute Gasteiger partial charge is 0.427 e. The number of nitrogens with two attached hydrogens (primary N) is 1. The van der Waals surface area contributed by atoms with E-state index in [0.29, 0.717) is 5.75 Å². The Hall–Kier alpha value is -1.54. The third-order valence-corrected chi connectivity index (χ3v) is 4.83. The van der Waals surface area contributed by atoms with Crippen LogP contribution < -0.4 is 5.73 Å². The van der Waals surface area contributed by atoms with Crippen molar-refractivity contribution >= 4 is 29.6 Å². The van der Waals surface area contributed by atoms with Gasteiger partial charge < -0.3 is 15.2 Å². The standard InChI is InChI=1S/C14H20N2O5S/c1-7-5-22-11-8(15)10(17)16(11)9(7)12(18)20-6-21-13(19)14(2,3)4/h8,11H,5-6,15H2,1-4H3/t8-,11-/m0/s1. The molecule has 7 nitrogen and oxygen atoms in total. The van der Waals surface area contributed by atoms with Crippen LogP contribution in [0.4, 0.5) is 0 Å². The maximum Gasteiger partial charge on any atom is 0.357 e. The number of thioether (sulfide) groups is 1. The summed E-state index contributed by atoms with van der Waals surface area (Å²) in [5.74, 6) is -0.834. The molecule has 1 saturated heterocycles. The summed E-state index contributed by atoms with van der Waals surface area (Å²) in [4.78, 5) is 37.0. The third kappa shape index (κ3) is 2.98. The normalized spacial score (nSPS) is 24.6. The van der Waals surface area contributed by atoms with Crippen LogP contribution in [0.2, 0.25) is 0 Å². The molecule has 0 saturated carbocycles. The topological polar surface area (TPSA) is 98.9 Å².